The molecule has 10 heteroatoms. The molecule has 2 unspecified atom stereocenters. The van der Waals surface area contributed by atoms with Crippen LogP contribution in [0.5, 0.6) is 0 Å². The molecule has 3 heterocycles. The summed E-state index contributed by atoms with van der Waals surface area (Å²) in [5.41, 5.74) is 12.6. The number of nitrogen functional groups attached to an aromatic ring is 1. The lowest BCUT2D eigenvalue weighted by atomic mass is 10.0. The van der Waals surface area contributed by atoms with E-state index in [0.717, 1.165) is 0 Å². The SMILES string of the molecule is CCC1(N=[N+]=[N-])O[C@@H](n2ccc(N)nc2=O)C2OC(C)(C)O[C@@H]21. The Balaban J connectivity index is 2.08. The maximum absolute atomic E-state index is 12.1. The van der Waals surface area contributed by atoms with E-state index in [1.54, 1.807) is 13.8 Å². The van der Waals surface area contributed by atoms with E-state index in [1.165, 1.54) is 16.8 Å². The molecule has 0 amide bonds. The smallest absolute Gasteiger partial charge is 0.351 e. The zero-order chi connectivity index (χ0) is 16.8. The Morgan fingerprint density at radius 2 is 2.22 bits per heavy atom. The van der Waals surface area contributed by atoms with Crippen molar-refractivity contribution in [3.63, 3.8) is 0 Å². The van der Waals surface area contributed by atoms with E-state index in [0.29, 0.717) is 6.42 Å². The van der Waals surface area contributed by atoms with Crippen LogP contribution in [0.15, 0.2) is 22.2 Å². The monoisotopic (exact) mass is 322 g/mol. The third kappa shape index (κ3) is 2.45. The summed E-state index contributed by atoms with van der Waals surface area (Å²) in [5.74, 6) is -0.769. The third-order valence-electron chi connectivity index (χ3n) is 4.03. The molecule has 4 atom stereocenters. The van der Waals surface area contributed by atoms with Crippen molar-refractivity contribution < 1.29 is 14.2 Å². The summed E-state index contributed by atoms with van der Waals surface area (Å²) in [4.78, 5) is 18.7. The first-order valence-electron chi connectivity index (χ1n) is 7.26. The molecular weight excluding hydrogens is 304 g/mol. The second-order valence-electron chi connectivity index (χ2n) is 5.96. The molecule has 2 aliphatic heterocycles. The van der Waals surface area contributed by atoms with Crippen molar-refractivity contribution in [2.75, 3.05) is 5.73 Å². The molecule has 0 aromatic carbocycles. The number of ether oxygens (including phenoxy) is 3. The second kappa shape index (κ2) is 5.20. The quantitative estimate of drug-likeness (QED) is 0.505. The molecule has 0 spiro atoms. The van der Waals surface area contributed by atoms with Gasteiger partial charge in [-0.2, -0.15) is 4.98 Å². The van der Waals surface area contributed by atoms with Crippen molar-refractivity contribution in [2.45, 2.75) is 57.1 Å². The predicted octanol–water partition coefficient (Wildman–Crippen LogP) is 1.29. The second-order valence-corrected chi connectivity index (χ2v) is 5.96. The number of anilines is 1. The van der Waals surface area contributed by atoms with Crippen LogP contribution in [0.2, 0.25) is 0 Å². The fourth-order valence-corrected chi connectivity index (χ4v) is 3.04. The summed E-state index contributed by atoms with van der Waals surface area (Å²) in [6, 6.07) is 1.49. The van der Waals surface area contributed by atoms with Gasteiger partial charge in [0.1, 0.15) is 18.0 Å². The molecule has 0 saturated carbocycles. The van der Waals surface area contributed by atoms with Crippen LogP contribution >= 0.6 is 0 Å². The summed E-state index contributed by atoms with van der Waals surface area (Å²) in [7, 11) is 0. The van der Waals surface area contributed by atoms with Gasteiger partial charge in [-0.15, -0.1) is 0 Å². The fraction of sp³-hybridized carbons (Fsp3) is 0.692. The van der Waals surface area contributed by atoms with Crippen LogP contribution in [0.4, 0.5) is 5.82 Å². The summed E-state index contributed by atoms with van der Waals surface area (Å²) in [6.45, 7) is 5.32. The number of azide groups is 1. The van der Waals surface area contributed by atoms with Gasteiger partial charge in [0.25, 0.3) is 0 Å². The minimum atomic E-state index is -1.25. The van der Waals surface area contributed by atoms with Crippen molar-refractivity contribution in [3.05, 3.63) is 33.2 Å². The minimum absolute atomic E-state index is 0.113. The Kier molecular flexibility index (Phi) is 3.56. The maximum atomic E-state index is 12.1. The van der Waals surface area contributed by atoms with Gasteiger partial charge in [-0.25, -0.2) is 4.79 Å². The zero-order valence-electron chi connectivity index (χ0n) is 13.0. The van der Waals surface area contributed by atoms with E-state index in [2.05, 4.69) is 15.0 Å². The van der Waals surface area contributed by atoms with Gasteiger partial charge >= 0.3 is 5.69 Å². The normalized spacial score (nSPS) is 34.8. The van der Waals surface area contributed by atoms with Crippen molar-refractivity contribution in [2.24, 2.45) is 5.11 Å². The van der Waals surface area contributed by atoms with Gasteiger partial charge in [-0.05, 0) is 31.9 Å². The first kappa shape index (κ1) is 15.8. The van der Waals surface area contributed by atoms with Gasteiger partial charge in [-0.3, -0.25) is 4.57 Å². The Morgan fingerprint density at radius 3 is 2.83 bits per heavy atom. The average molecular weight is 322 g/mol. The highest BCUT2D eigenvalue weighted by atomic mass is 16.8. The van der Waals surface area contributed by atoms with Crippen LogP contribution in [0.3, 0.4) is 0 Å². The first-order valence-corrected chi connectivity index (χ1v) is 7.26. The number of aromatic nitrogens is 2. The highest BCUT2D eigenvalue weighted by molar-refractivity contribution is 5.23. The van der Waals surface area contributed by atoms with Gasteiger partial charge in [0.05, 0.1) is 0 Å². The highest BCUT2D eigenvalue weighted by Crippen LogP contribution is 2.49. The summed E-state index contributed by atoms with van der Waals surface area (Å²) >= 11 is 0. The standard InChI is InChI=1S/C13H18N6O4/c1-4-13(17-18-15)9-8(21-12(2,3)22-9)10(23-13)19-6-5-7(14)16-11(19)20/h5-6,8-10H,4H2,1-3H3,(H2,14,16,20)/t8?,9-,10+,13?/m0/s1. The summed E-state index contributed by atoms with van der Waals surface area (Å²) in [5, 5.41) is 3.80. The molecular formula is C13H18N6O4. The van der Waals surface area contributed by atoms with Crippen LogP contribution in [0.25, 0.3) is 10.4 Å². The van der Waals surface area contributed by atoms with Crippen LogP contribution in [0, 0.1) is 0 Å². The Bertz CT molecular complexity index is 727. The van der Waals surface area contributed by atoms with E-state index < -0.39 is 35.6 Å². The molecule has 1 aromatic rings. The lowest BCUT2D eigenvalue weighted by Crippen LogP contribution is -2.40. The van der Waals surface area contributed by atoms with Crippen LogP contribution < -0.4 is 11.4 Å². The fourth-order valence-electron chi connectivity index (χ4n) is 3.04. The molecule has 2 fully saturated rings. The van der Waals surface area contributed by atoms with Gasteiger partial charge in [0, 0.05) is 11.1 Å². The third-order valence-corrected chi connectivity index (χ3v) is 4.03. The van der Waals surface area contributed by atoms with Gasteiger partial charge < -0.3 is 19.9 Å². The van der Waals surface area contributed by atoms with Gasteiger partial charge in [0.15, 0.2) is 17.7 Å². The number of hydrogen-bond donors (Lipinski definition) is 1. The van der Waals surface area contributed by atoms with E-state index in [4.69, 9.17) is 25.5 Å². The minimum Gasteiger partial charge on any atom is -0.383 e. The Labute approximate surface area is 131 Å². The van der Waals surface area contributed by atoms with Crippen LogP contribution in [0.1, 0.15) is 33.4 Å². The maximum Gasteiger partial charge on any atom is 0.351 e. The van der Waals surface area contributed by atoms with E-state index in [-0.39, 0.29) is 5.82 Å². The van der Waals surface area contributed by atoms with E-state index in [9.17, 15) is 4.79 Å². The van der Waals surface area contributed by atoms with E-state index >= 15 is 0 Å². The molecule has 124 valence electrons. The molecule has 23 heavy (non-hydrogen) atoms. The van der Waals surface area contributed by atoms with Crippen LogP contribution in [-0.4, -0.2) is 33.3 Å². The zero-order valence-corrected chi connectivity index (χ0v) is 13.0. The lowest BCUT2D eigenvalue weighted by Gasteiger charge is -2.29. The van der Waals surface area contributed by atoms with Gasteiger partial charge in [0.2, 0.25) is 0 Å². The summed E-state index contributed by atoms with van der Waals surface area (Å²) < 4.78 is 18.9. The summed E-state index contributed by atoms with van der Waals surface area (Å²) in [6.07, 6.45) is -0.229. The van der Waals surface area contributed by atoms with Crippen molar-refractivity contribution in [3.8, 4) is 0 Å². The topological polar surface area (TPSA) is 137 Å². The molecule has 1 aromatic heterocycles. The molecule has 2 N–H and O–H groups in total. The molecule has 0 bridgehead atoms. The van der Waals surface area contributed by atoms with Crippen molar-refractivity contribution in [1.29, 1.82) is 0 Å². The van der Waals surface area contributed by atoms with E-state index in [1.807, 2.05) is 6.92 Å². The number of nitrogens with zero attached hydrogens (tertiary/aromatic N) is 5. The number of nitrogens with two attached hydrogens (primary N) is 1. The molecule has 0 radical (unpaired) electrons. The molecule has 2 saturated heterocycles. The molecule has 10 nitrogen and oxygen atoms in total. The predicted molar refractivity (Wildman–Crippen MR) is 79.0 cm³/mol. The largest absolute Gasteiger partial charge is 0.383 e. The lowest BCUT2D eigenvalue weighted by molar-refractivity contribution is -0.220. The average Bonchev–Trinajstić information content (AvgIpc) is 2.93. The first-order chi connectivity index (χ1) is 10.8. The number of rotatable bonds is 3. The molecule has 3 rings (SSSR count). The molecule has 2 aliphatic rings. The Morgan fingerprint density at radius 1 is 1.48 bits per heavy atom. The Hall–Kier alpha value is -2.13. The van der Waals surface area contributed by atoms with Crippen molar-refractivity contribution >= 4 is 5.82 Å². The highest BCUT2D eigenvalue weighted by Gasteiger charge is 2.62. The number of hydrogen-bond acceptors (Lipinski definition) is 7. The number of fused-ring (bicyclic) bond motifs is 1. The van der Waals surface area contributed by atoms with Crippen molar-refractivity contribution in [1.82, 2.24) is 9.55 Å². The van der Waals surface area contributed by atoms with Crippen LogP contribution in [-0.2, 0) is 14.2 Å². The molecule has 0 aliphatic carbocycles. The van der Waals surface area contributed by atoms with Gasteiger partial charge in [-0.1, -0.05) is 12.0 Å².